The van der Waals surface area contributed by atoms with E-state index in [1.807, 2.05) is 0 Å². The van der Waals surface area contributed by atoms with Crippen LogP contribution in [0, 0.1) is 5.41 Å². The van der Waals surface area contributed by atoms with Crippen molar-refractivity contribution in [3.8, 4) is 0 Å². The molecule has 0 aliphatic carbocycles. The summed E-state index contributed by atoms with van der Waals surface area (Å²) < 4.78 is 5.39. The van der Waals surface area contributed by atoms with Crippen molar-refractivity contribution >= 4 is 0 Å². The molecule has 0 aromatic heterocycles. The van der Waals surface area contributed by atoms with Gasteiger partial charge in [-0.3, -0.25) is 0 Å². The molecule has 0 aromatic rings. The maximum atomic E-state index is 5.39. The van der Waals surface area contributed by atoms with Crippen LogP contribution in [0.5, 0.6) is 0 Å². The monoisotopic (exact) mass is 185 g/mol. The van der Waals surface area contributed by atoms with Crippen molar-refractivity contribution in [1.29, 1.82) is 0 Å². The molecule has 0 atom stereocenters. The van der Waals surface area contributed by atoms with Crippen LogP contribution in [0.2, 0.25) is 0 Å². The first-order chi connectivity index (χ1) is 6.03. The second kappa shape index (κ2) is 4.43. The molecule has 0 unspecified atom stereocenters. The second-order valence-electron chi connectivity index (χ2n) is 4.93. The topological polar surface area (TPSA) is 12.5 Å². The van der Waals surface area contributed by atoms with E-state index in [-0.39, 0.29) is 0 Å². The van der Waals surface area contributed by atoms with Crippen LogP contribution in [0.15, 0.2) is 0 Å². The van der Waals surface area contributed by atoms with Crippen LogP contribution in [-0.4, -0.2) is 37.7 Å². The normalized spacial score (nSPS) is 22.6. The minimum Gasteiger partial charge on any atom is -0.381 e. The van der Waals surface area contributed by atoms with Gasteiger partial charge in [0.2, 0.25) is 0 Å². The summed E-state index contributed by atoms with van der Waals surface area (Å²) >= 11 is 0. The van der Waals surface area contributed by atoms with E-state index in [0.29, 0.717) is 11.5 Å². The van der Waals surface area contributed by atoms with Gasteiger partial charge in [0.05, 0.1) is 0 Å². The minimum atomic E-state index is 0.483. The largest absolute Gasteiger partial charge is 0.381 e. The molecule has 0 saturated carbocycles. The summed E-state index contributed by atoms with van der Waals surface area (Å²) in [6, 6.07) is 0.652. The van der Waals surface area contributed by atoms with E-state index in [1.165, 1.54) is 19.4 Å². The first kappa shape index (κ1) is 11.0. The number of nitrogens with zero attached hydrogens (tertiary/aromatic N) is 1. The molecule has 1 aliphatic heterocycles. The van der Waals surface area contributed by atoms with Crippen molar-refractivity contribution in [3.05, 3.63) is 0 Å². The third kappa shape index (κ3) is 3.28. The van der Waals surface area contributed by atoms with E-state index < -0.39 is 0 Å². The molecule has 1 fully saturated rings. The Morgan fingerprint density at radius 3 is 2.31 bits per heavy atom. The lowest BCUT2D eigenvalue weighted by atomic mass is 9.82. The third-order valence-electron chi connectivity index (χ3n) is 3.21. The van der Waals surface area contributed by atoms with Gasteiger partial charge in [-0.15, -0.1) is 0 Å². The van der Waals surface area contributed by atoms with Gasteiger partial charge in [0.1, 0.15) is 0 Å². The van der Waals surface area contributed by atoms with E-state index in [2.05, 4.69) is 32.7 Å². The van der Waals surface area contributed by atoms with Crippen LogP contribution < -0.4 is 0 Å². The van der Waals surface area contributed by atoms with Gasteiger partial charge in [-0.05, 0) is 39.2 Å². The van der Waals surface area contributed by atoms with Crippen molar-refractivity contribution in [1.82, 2.24) is 4.90 Å². The van der Waals surface area contributed by atoms with Crippen LogP contribution in [-0.2, 0) is 4.74 Å². The fraction of sp³-hybridized carbons (Fsp3) is 1.00. The average Bonchev–Trinajstić information content (AvgIpc) is 2.04. The molecule has 1 rings (SSSR count). The Morgan fingerprint density at radius 2 is 1.85 bits per heavy atom. The Kier molecular flexibility index (Phi) is 3.74. The molecule has 0 spiro atoms. The van der Waals surface area contributed by atoms with Gasteiger partial charge in [-0.2, -0.15) is 0 Å². The molecule has 0 aromatic carbocycles. The van der Waals surface area contributed by atoms with Gasteiger partial charge in [-0.1, -0.05) is 6.92 Å². The molecule has 0 radical (unpaired) electrons. The third-order valence-corrected chi connectivity index (χ3v) is 3.21. The predicted molar refractivity (Wildman–Crippen MR) is 55.9 cm³/mol. The molecule has 1 saturated heterocycles. The summed E-state index contributed by atoms with van der Waals surface area (Å²) in [6.07, 6.45) is 2.42. The number of hydrogen-bond donors (Lipinski definition) is 0. The maximum absolute atomic E-state index is 5.39. The van der Waals surface area contributed by atoms with Gasteiger partial charge < -0.3 is 9.64 Å². The van der Waals surface area contributed by atoms with Crippen molar-refractivity contribution in [3.63, 3.8) is 0 Å². The summed E-state index contributed by atoms with van der Waals surface area (Å²) in [5.74, 6) is 0. The van der Waals surface area contributed by atoms with E-state index in [0.717, 1.165) is 13.2 Å². The second-order valence-corrected chi connectivity index (χ2v) is 4.93. The minimum absolute atomic E-state index is 0.483. The molecule has 0 amide bonds. The van der Waals surface area contributed by atoms with Crippen molar-refractivity contribution in [2.75, 3.05) is 26.8 Å². The van der Waals surface area contributed by atoms with Crippen LogP contribution in [0.4, 0.5) is 0 Å². The van der Waals surface area contributed by atoms with Crippen molar-refractivity contribution < 1.29 is 4.74 Å². The van der Waals surface area contributed by atoms with Crippen molar-refractivity contribution in [2.24, 2.45) is 5.41 Å². The lowest BCUT2D eigenvalue weighted by molar-refractivity contribution is 0.00484. The van der Waals surface area contributed by atoms with E-state index in [9.17, 15) is 0 Å². The lowest BCUT2D eigenvalue weighted by Gasteiger charge is -2.38. The summed E-state index contributed by atoms with van der Waals surface area (Å²) in [5.41, 5.74) is 0.483. The molecule has 1 aliphatic rings. The molecule has 13 heavy (non-hydrogen) atoms. The first-order valence-corrected chi connectivity index (χ1v) is 5.31. The lowest BCUT2D eigenvalue weighted by Crippen LogP contribution is -2.40. The standard InChI is InChI=1S/C11H23NO/c1-10(2)12(4)9-11(3)5-7-13-8-6-11/h10H,5-9H2,1-4H3. The number of rotatable bonds is 3. The van der Waals surface area contributed by atoms with E-state index >= 15 is 0 Å². The highest BCUT2D eigenvalue weighted by molar-refractivity contribution is 4.80. The molecule has 2 heteroatoms. The van der Waals surface area contributed by atoms with E-state index in [1.54, 1.807) is 0 Å². The maximum Gasteiger partial charge on any atom is 0.0471 e. The zero-order valence-electron chi connectivity index (χ0n) is 9.47. The van der Waals surface area contributed by atoms with Gasteiger partial charge >= 0.3 is 0 Å². The molecular weight excluding hydrogens is 162 g/mol. The van der Waals surface area contributed by atoms with Gasteiger partial charge in [0, 0.05) is 25.8 Å². The highest BCUT2D eigenvalue weighted by Crippen LogP contribution is 2.30. The Balaban J connectivity index is 2.40. The highest BCUT2D eigenvalue weighted by Gasteiger charge is 2.28. The Hall–Kier alpha value is -0.0800. The highest BCUT2D eigenvalue weighted by atomic mass is 16.5. The van der Waals surface area contributed by atoms with Crippen LogP contribution in [0.25, 0.3) is 0 Å². The van der Waals surface area contributed by atoms with E-state index in [4.69, 9.17) is 4.74 Å². The Morgan fingerprint density at radius 1 is 1.31 bits per heavy atom. The summed E-state index contributed by atoms with van der Waals surface area (Å²) in [5, 5.41) is 0. The predicted octanol–water partition coefficient (Wildman–Crippen LogP) is 2.14. The molecule has 0 N–H and O–H groups in total. The quantitative estimate of drug-likeness (QED) is 0.668. The Bertz CT molecular complexity index is 150. The number of ether oxygens (including phenoxy) is 1. The van der Waals surface area contributed by atoms with Gasteiger partial charge in [0.15, 0.2) is 0 Å². The fourth-order valence-electron chi connectivity index (χ4n) is 1.81. The zero-order chi connectivity index (χ0) is 9.90. The molecule has 78 valence electrons. The van der Waals surface area contributed by atoms with Gasteiger partial charge in [0.25, 0.3) is 0 Å². The molecular formula is C11H23NO. The Labute approximate surface area is 82.3 Å². The van der Waals surface area contributed by atoms with Crippen molar-refractivity contribution in [2.45, 2.75) is 39.7 Å². The van der Waals surface area contributed by atoms with Crippen LogP contribution >= 0.6 is 0 Å². The van der Waals surface area contributed by atoms with Crippen LogP contribution in [0.1, 0.15) is 33.6 Å². The fourth-order valence-corrected chi connectivity index (χ4v) is 1.81. The average molecular weight is 185 g/mol. The SMILES string of the molecule is CC(C)N(C)CC1(C)CCOCC1. The zero-order valence-corrected chi connectivity index (χ0v) is 9.47. The molecule has 1 heterocycles. The summed E-state index contributed by atoms with van der Waals surface area (Å²) in [4.78, 5) is 2.44. The molecule has 0 bridgehead atoms. The summed E-state index contributed by atoms with van der Waals surface area (Å²) in [6.45, 7) is 9.98. The first-order valence-electron chi connectivity index (χ1n) is 5.31. The smallest absolute Gasteiger partial charge is 0.0471 e. The van der Waals surface area contributed by atoms with Crippen LogP contribution in [0.3, 0.4) is 0 Å². The molecule has 2 nitrogen and oxygen atoms in total. The van der Waals surface area contributed by atoms with Gasteiger partial charge in [-0.25, -0.2) is 0 Å². The summed E-state index contributed by atoms with van der Waals surface area (Å²) in [7, 11) is 2.21. The number of hydrogen-bond acceptors (Lipinski definition) is 2.